The van der Waals surface area contributed by atoms with Gasteiger partial charge in [-0.1, -0.05) is 41.4 Å². The first kappa shape index (κ1) is 16.7. The zero-order chi connectivity index (χ0) is 18.1. The van der Waals surface area contributed by atoms with E-state index in [0.717, 1.165) is 22.5 Å². The minimum atomic E-state index is 0.495. The number of para-hydroxylation sites is 1. The SMILES string of the molecule is Cn1c(Cl)cc2ncnc(Nc3ccc(Oc4ccccc4)c(Cl)c3)c21. The van der Waals surface area contributed by atoms with Crippen LogP contribution in [0.2, 0.25) is 10.2 Å². The number of benzene rings is 2. The van der Waals surface area contributed by atoms with E-state index in [9.17, 15) is 0 Å². The average molecular weight is 385 g/mol. The molecule has 7 heteroatoms. The molecule has 0 radical (unpaired) electrons. The van der Waals surface area contributed by atoms with Crippen LogP contribution >= 0.6 is 23.2 Å². The van der Waals surface area contributed by atoms with Crippen LogP contribution in [0.1, 0.15) is 0 Å². The molecule has 1 N–H and O–H groups in total. The minimum absolute atomic E-state index is 0.495. The van der Waals surface area contributed by atoms with E-state index in [-0.39, 0.29) is 0 Å². The van der Waals surface area contributed by atoms with E-state index in [1.807, 2.05) is 54.1 Å². The molecule has 2 heterocycles. The van der Waals surface area contributed by atoms with Crippen LogP contribution < -0.4 is 10.1 Å². The molecule has 4 rings (SSSR count). The lowest BCUT2D eigenvalue weighted by atomic mass is 10.3. The molecule has 0 aliphatic heterocycles. The number of aromatic nitrogens is 3. The van der Waals surface area contributed by atoms with Crippen LogP contribution in [-0.2, 0) is 7.05 Å². The van der Waals surface area contributed by atoms with Gasteiger partial charge in [0.05, 0.1) is 10.5 Å². The molecule has 0 aliphatic rings. The zero-order valence-corrected chi connectivity index (χ0v) is 15.3. The summed E-state index contributed by atoms with van der Waals surface area (Å²) in [6, 6.07) is 16.8. The number of nitrogens with zero attached hydrogens (tertiary/aromatic N) is 3. The minimum Gasteiger partial charge on any atom is -0.456 e. The van der Waals surface area contributed by atoms with Crippen molar-refractivity contribution in [3.63, 3.8) is 0 Å². The molecule has 0 aliphatic carbocycles. The van der Waals surface area contributed by atoms with Crippen LogP contribution in [0.25, 0.3) is 11.0 Å². The van der Waals surface area contributed by atoms with E-state index >= 15 is 0 Å². The molecule has 130 valence electrons. The Kier molecular flexibility index (Phi) is 4.41. The third-order valence-electron chi connectivity index (χ3n) is 3.93. The van der Waals surface area contributed by atoms with Crippen molar-refractivity contribution < 1.29 is 4.74 Å². The molecule has 0 amide bonds. The first-order valence-electron chi connectivity index (χ1n) is 7.87. The molecule has 0 spiro atoms. The summed E-state index contributed by atoms with van der Waals surface area (Å²) in [4.78, 5) is 8.56. The van der Waals surface area contributed by atoms with Gasteiger partial charge in [0.25, 0.3) is 0 Å². The summed E-state index contributed by atoms with van der Waals surface area (Å²) in [6.45, 7) is 0. The Morgan fingerprint density at radius 3 is 2.58 bits per heavy atom. The van der Waals surface area contributed by atoms with Gasteiger partial charge in [-0.25, -0.2) is 9.97 Å². The van der Waals surface area contributed by atoms with Gasteiger partial charge >= 0.3 is 0 Å². The summed E-state index contributed by atoms with van der Waals surface area (Å²) >= 11 is 12.6. The van der Waals surface area contributed by atoms with Crippen LogP contribution in [0.4, 0.5) is 11.5 Å². The highest BCUT2D eigenvalue weighted by atomic mass is 35.5. The summed E-state index contributed by atoms with van der Waals surface area (Å²) in [7, 11) is 1.86. The number of ether oxygens (including phenoxy) is 1. The fourth-order valence-corrected chi connectivity index (χ4v) is 3.06. The Morgan fingerprint density at radius 2 is 1.81 bits per heavy atom. The fraction of sp³-hybridized carbons (Fsp3) is 0.0526. The second-order valence-electron chi connectivity index (χ2n) is 5.67. The predicted octanol–water partition coefficient (Wildman–Crippen LogP) is 5.81. The number of aryl methyl sites for hydroxylation is 1. The van der Waals surface area contributed by atoms with E-state index in [1.165, 1.54) is 6.33 Å². The maximum atomic E-state index is 6.38. The first-order chi connectivity index (χ1) is 12.6. The standard InChI is InChI=1S/C19H14Cl2N4O/c1-25-17(21)10-15-18(25)19(23-11-22-15)24-12-7-8-16(14(20)9-12)26-13-5-3-2-4-6-13/h2-11H,1H3,(H,22,23,24). The Morgan fingerprint density at radius 1 is 1.00 bits per heavy atom. The molecule has 5 nitrogen and oxygen atoms in total. The molecule has 0 fully saturated rings. The smallest absolute Gasteiger partial charge is 0.158 e. The van der Waals surface area contributed by atoms with Crippen molar-refractivity contribution in [2.24, 2.45) is 7.05 Å². The van der Waals surface area contributed by atoms with E-state index in [2.05, 4.69) is 15.3 Å². The predicted molar refractivity (Wildman–Crippen MR) is 105 cm³/mol. The van der Waals surface area contributed by atoms with Gasteiger partial charge in [0.2, 0.25) is 0 Å². The maximum Gasteiger partial charge on any atom is 0.158 e. The molecule has 0 bridgehead atoms. The lowest BCUT2D eigenvalue weighted by Crippen LogP contribution is -1.99. The maximum absolute atomic E-state index is 6.38. The summed E-state index contributed by atoms with van der Waals surface area (Å²) in [5.74, 6) is 1.96. The van der Waals surface area contributed by atoms with Gasteiger partial charge in [-0.3, -0.25) is 0 Å². The normalized spacial score (nSPS) is 10.9. The monoisotopic (exact) mass is 384 g/mol. The molecule has 4 aromatic rings. The van der Waals surface area contributed by atoms with E-state index in [4.69, 9.17) is 27.9 Å². The van der Waals surface area contributed by atoms with Crippen molar-refractivity contribution in [2.75, 3.05) is 5.32 Å². The molecule has 0 saturated carbocycles. The molecular weight excluding hydrogens is 371 g/mol. The lowest BCUT2D eigenvalue weighted by molar-refractivity contribution is 0.483. The van der Waals surface area contributed by atoms with Crippen molar-refractivity contribution in [1.29, 1.82) is 0 Å². The molecule has 2 aromatic heterocycles. The second kappa shape index (κ2) is 6.86. The lowest BCUT2D eigenvalue weighted by Gasteiger charge is -2.11. The van der Waals surface area contributed by atoms with Gasteiger partial charge in [-0.05, 0) is 30.3 Å². The summed E-state index contributed by atoms with van der Waals surface area (Å²) < 4.78 is 7.63. The highest BCUT2D eigenvalue weighted by molar-refractivity contribution is 6.32. The summed E-state index contributed by atoms with van der Waals surface area (Å²) in [5.41, 5.74) is 2.37. The van der Waals surface area contributed by atoms with Crippen LogP contribution in [-0.4, -0.2) is 14.5 Å². The number of hydrogen-bond donors (Lipinski definition) is 1. The van der Waals surface area contributed by atoms with Crippen LogP contribution in [0.5, 0.6) is 11.5 Å². The van der Waals surface area contributed by atoms with Crippen molar-refractivity contribution in [3.05, 3.63) is 71.1 Å². The third-order valence-corrected chi connectivity index (χ3v) is 4.59. The molecule has 26 heavy (non-hydrogen) atoms. The van der Waals surface area contributed by atoms with E-state index in [0.29, 0.717) is 21.7 Å². The van der Waals surface area contributed by atoms with Gasteiger partial charge in [0.15, 0.2) is 5.82 Å². The van der Waals surface area contributed by atoms with E-state index < -0.39 is 0 Å². The Hall–Kier alpha value is -2.76. The molecule has 0 saturated heterocycles. The molecular formula is C19H14Cl2N4O. The first-order valence-corrected chi connectivity index (χ1v) is 8.63. The number of halogens is 2. The molecule has 2 aromatic carbocycles. The Bertz CT molecular complexity index is 1080. The quantitative estimate of drug-likeness (QED) is 0.482. The highest BCUT2D eigenvalue weighted by Crippen LogP contribution is 2.33. The van der Waals surface area contributed by atoms with Crippen LogP contribution in [0, 0.1) is 0 Å². The zero-order valence-electron chi connectivity index (χ0n) is 13.8. The molecule has 0 unspecified atom stereocenters. The van der Waals surface area contributed by atoms with E-state index in [1.54, 1.807) is 12.1 Å². The number of hydrogen-bond acceptors (Lipinski definition) is 4. The summed E-state index contributed by atoms with van der Waals surface area (Å²) in [5, 5.41) is 4.35. The topological polar surface area (TPSA) is 52.0 Å². The largest absolute Gasteiger partial charge is 0.456 e. The van der Waals surface area contributed by atoms with Crippen LogP contribution in [0.3, 0.4) is 0 Å². The van der Waals surface area contributed by atoms with Gasteiger partial charge in [0.1, 0.15) is 28.5 Å². The number of anilines is 2. The van der Waals surface area contributed by atoms with Crippen molar-refractivity contribution in [1.82, 2.24) is 14.5 Å². The van der Waals surface area contributed by atoms with Gasteiger partial charge < -0.3 is 14.6 Å². The van der Waals surface area contributed by atoms with Crippen LogP contribution in [0.15, 0.2) is 60.9 Å². The van der Waals surface area contributed by atoms with Gasteiger partial charge in [-0.15, -0.1) is 0 Å². The van der Waals surface area contributed by atoms with Crippen molar-refractivity contribution in [2.45, 2.75) is 0 Å². The third kappa shape index (κ3) is 3.19. The summed E-state index contributed by atoms with van der Waals surface area (Å²) in [6.07, 6.45) is 1.50. The molecule has 0 atom stereocenters. The van der Waals surface area contributed by atoms with Crippen molar-refractivity contribution in [3.8, 4) is 11.5 Å². The highest BCUT2D eigenvalue weighted by Gasteiger charge is 2.12. The number of fused-ring (bicyclic) bond motifs is 1. The van der Waals surface area contributed by atoms with Crippen molar-refractivity contribution >= 4 is 45.7 Å². The van der Waals surface area contributed by atoms with Gasteiger partial charge in [-0.2, -0.15) is 0 Å². The Labute approximate surface area is 160 Å². The van der Waals surface area contributed by atoms with Gasteiger partial charge in [0, 0.05) is 18.8 Å². The average Bonchev–Trinajstić information content (AvgIpc) is 2.93. The second-order valence-corrected chi connectivity index (χ2v) is 6.46. The number of rotatable bonds is 4. The Balaban J connectivity index is 1.63. The fourth-order valence-electron chi connectivity index (χ4n) is 2.65. The number of nitrogens with one attached hydrogen (secondary N) is 1.